The number of fused-ring (bicyclic) bond motifs is 1. The van der Waals surface area contributed by atoms with Crippen molar-refractivity contribution in [3.8, 4) is 17.3 Å². The molecule has 0 radical (unpaired) electrons. The van der Waals surface area contributed by atoms with Gasteiger partial charge in [-0.15, -0.1) is 0 Å². The molecule has 1 N–H and O–H groups in total. The SMILES string of the molecule is Cc1ccc(-n2nc(-c3nc(CC(=O)NCc4ccccc4)no3)c3c2CCC3)cc1. The van der Waals surface area contributed by atoms with Gasteiger partial charge in [0.1, 0.15) is 0 Å². The Morgan fingerprint density at radius 3 is 2.71 bits per heavy atom. The fourth-order valence-electron chi connectivity index (χ4n) is 3.93. The molecular weight excluding hydrogens is 390 g/mol. The molecular formula is C24H23N5O2. The third kappa shape index (κ3) is 3.99. The number of nitrogens with zero attached hydrogens (tertiary/aromatic N) is 4. The predicted octanol–water partition coefficient (Wildman–Crippen LogP) is 3.58. The maximum absolute atomic E-state index is 12.3. The molecule has 0 fully saturated rings. The van der Waals surface area contributed by atoms with Crippen LogP contribution in [0.25, 0.3) is 17.3 Å². The third-order valence-corrected chi connectivity index (χ3v) is 5.53. The monoisotopic (exact) mass is 413 g/mol. The van der Waals surface area contributed by atoms with Gasteiger partial charge in [0.25, 0.3) is 5.89 Å². The fourth-order valence-corrected chi connectivity index (χ4v) is 3.93. The number of benzene rings is 2. The second-order valence-corrected chi connectivity index (χ2v) is 7.83. The van der Waals surface area contributed by atoms with Crippen LogP contribution in [0.3, 0.4) is 0 Å². The lowest BCUT2D eigenvalue weighted by atomic mass is 10.2. The van der Waals surface area contributed by atoms with Gasteiger partial charge in [0.05, 0.1) is 12.1 Å². The van der Waals surface area contributed by atoms with Crippen LogP contribution in [0.1, 0.15) is 34.6 Å². The van der Waals surface area contributed by atoms with Crippen LogP contribution in [-0.4, -0.2) is 25.8 Å². The van der Waals surface area contributed by atoms with Crippen LogP contribution in [-0.2, 0) is 30.6 Å². The molecule has 2 heterocycles. The standard InChI is InChI=1S/C24H23N5O2/c1-16-10-12-18(13-11-16)29-20-9-5-8-19(20)23(27-29)24-26-21(28-31-24)14-22(30)25-15-17-6-3-2-4-7-17/h2-4,6-7,10-13H,5,8-9,14-15H2,1H3,(H,25,30). The van der Waals surface area contributed by atoms with Gasteiger partial charge < -0.3 is 9.84 Å². The first kappa shape index (κ1) is 19.2. The molecule has 7 nitrogen and oxygen atoms in total. The summed E-state index contributed by atoms with van der Waals surface area (Å²) < 4.78 is 7.47. The van der Waals surface area contributed by atoms with Gasteiger partial charge in [-0.05, 0) is 43.9 Å². The molecule has 7 heteroatoms. The number of aromatic nitrogens is 4. The van der Waals surface area contributed by atoms with Crippen LogP contribution < -0.4 is 5.32 Å². The Kier molecular flexibility index (Phi) is 5.08. The molecule has 0 bridgehead atoms. The van der Waals surface area contributed by atoms with E-state index in [1.807, 2.05) is 35.0 Å². The molecule has 0 spiro atoms. The predicted molar refractivity (Wildman–Crippen MR) is 116 cm³/mol. The van der Waals surface area contributed by atoms with E-state index in [0.717, 1.165) is 41.8 Å². The quantitative estimate of drug-likeness (QED) is 0.522. The Morgan fingerprint density at radius 1 is 1.10 bits per heavy atom. The van der Waals surface area contributed by atoms with Crippen molar-refractivity contribution < 1.29 is 9.32 Å². The average molecular weight is 413 g/mol. The summed E-state index contributed by atoms with van der Waals surface area (Å²) in [4.78, 5) is 16.7. The zero-order valence-corrected chi connectivity index (χ0v) is 17.3. The van der Waals surface area contributed by atoms with E-state index < -0.39 is 0 Å². The molecule has 156 valence electrons. The number of carbonyl (C=O) groups excluding carboxylic acids is 1. The topological polar surface area (TPSA) is 85.8 Å². The van der Waals surface area contributed by atoms with Gasteiger partial charge in [0.2, 0.25) is 5.91 Å². The van der Waals surface area contributed by atoms with Crippen molar-refractivity contribution in [3.63, 3.8) is 0 Å². The van der Waals surface area contributed by atoms with E-state index in [0.29, 0.717) is 18.3 Å². The van der Waals surface area contributed by atoms with E-state index in [1.165, 1.54) is 11.3 Å². The minimum Gasteiger partial charge on any atom is -0.352 e. The largest absolute Gasteiger partial charge is 0.352 e. The van der Waals surface area contributed by atoms with Gasteiger partial charge in [-0.2, -0.15) is 10.1 Å². The van der Waals surface area contributed by atoms with Crippen molar-refractivity contribution in [2.45, 2.75) is 39.2 Å². The number of amides is 1. The Morgan fingerprint density at radius 2 is 1.90 bits per heavy atom. The lowest BCUT2D eigenvalue weighted by Crippen LogP contribution is -2.24. The van der Waals surface area contributed by atoms with Crippen LogP contribution >= 0.6 is 0 Å². The summed E-state index contributed by atoms with van der Waals surface area (Å²) in [5.74, 6) is 0.582. The summed E-state index contributed by atoms with van der Waals surface area (Å²) in [5.41, 5.74) is 6.34. The molecule has 1 aliphatic rings. The minimum absolute atomic E-state index is 0.0667. The number of rotatable bonds is 6. The number of aryl methyl sites for hydroxylation is 1. The molecule has 0 atom stereocenters. The van der Waals surface area contributed by atoms with E-state index >= 15 is 0 Å². The van der Waals surface area contributed by atoms with Crippen LogP contribution in [0.4, 0.5) is 0 Å². The average Bonchev–Trinajstić information content (AvgIpc) is 3.51. The molecule has 0 aliphatic heterocycles. The van der Waals surface area contributed by atoms with Crippen molar-refractivity contribution in [2.24, 2.45) is 0 Å². The molecule has 1 aliphatic carbocycles. The summed E-state index contributed by atoms with van der Waals surface area (Å²) >= 11 is 0. The molecule has 2 aromatic carbocycles. The van der Waals surface area contributed by atoms with Crippen LogP contribution in [0, 0.1) is 6.92 Å². The van der Waals surface area contributed by atoms with Crippen molar-refractivity contribution in [3.05, 3.63) is 82.8 Å². The first-order valence-electron chi connectivity index (χ1n) is 10.5. The molecule has 1 amide bonds. The van der Waals surface area contributed by atoms with E-state index in [2.05, 4.69) is 46.6 Å². The molecule has 31 heavy (non-hydrogen) atoms. The maximum Gasteiger partial charge on any atom is 0.278 e. The third-order valence-electron chi connectivity index (χ3n) is 5.53. The first-order chi connectivity index (χ1) is 15.2. The van der Waals surface area contributed by atoms with Crippen molar-refractivity contribution in [2.75, 3.05) is 0 Å². The highest BCUT2D eigenvalue weighted by molar-refractivity contribution is 5.77. The number of hydrogen-bond donors (Lipinski definition) is 1. The highest BCUT2D eigenvalue weighted by atomic mass is 16.5. The van der Waals surface area contributed by atoms with Gasteiger partial charge in [-0.3, -0.25) is 4.79 Å². The molecule has 5 rings (SSSR count). The summed E-state index contributed by atoms with van der Waals surface area (Å²) in [6.07, 6.45) is 3.05. The van der Waals surface area contributed by atoms with Gasteiger partial charge in [-0.1, -0.05) is 53.2 Å². The van der Waals surface area contributed by atoms with Gasteiger partial charge in [0.15, 0.2) is 11.5 Å². The molecule has 2 aromatic heterocycles. The zero-order valence-electron chi connectivity index (χ0n) is 17.3. The summed E-state index contributed by atoms with van der Waals surface area (Å²) in [7, 11) is 0. The van der Waals surface area contributed by atoms with Crippen LogP contribution in [0.2, 0.25) is 0 Å². The summed E-state index contributed by atoms with van der Waals surface area (Å²) in [6.45, 7) is 2.54. The van der Waals surface area contributed by atoms with Crippen molar-refractivity contribution in [1.29, 1.82) is 0 Å². The number of nitrogens with one attached hydrogen (secondary N) is 1. The fraction of sp³-hybridized carbons (Fsp3) is 0.250. The van der Waals surface area contributed by atoms with Crippen LogP contribution in [0.15, 0.2) is 59.1 Å². The lowest BCUT2D eigenvalue weighted by molar-refractivity contribution is -0.120. The van der Waals surface area contributed by atoms with Crippen LogP contribution in [0.5, 0.6) is 0 Å². The molecule has 0 saturated heterocycles. The highest BCUT2D eigenvalue weighted by Gasteiger charge is 2.27. The maximum atomic E-state index is 12.3. The Hall–Kier alpha value is -3.74. The minimum atomic E-state index is -0.147. The Bertz CT molecular complexity index is 1210. The van der Waals surface area contributed by atoms with E-state index in [9.17, 15) is 4.79 Å². The number of carbonyl (C=O) groups is 1. The Labute approximate surface area is 180 Å². The number of hydrogen-bond acceptors (Lipinski definition) is 5. The smallest absolute Gasteiger partial charge is 0.278 e. The second kappa shape index (κ2) is 8.18. The highest BCUT2D eigenvalue weighted by Crippen LogP contribution is 2.33. The van der Waals surface area contributed by atoms with E-state index in [1.54, 1.807) is 0 Å². The molecule has 0 unspecified atom stereocenters. The Balaban J connectivity index is 1.33. The second-order valence-electron chi connectivity index (χ2n) is 7.83. The first-order valence-corrected chi connectivity index (χ1v) is 10.5. The van der Waals surface area contributed by atoms with Gasteiger partial charge >= 0.3 is 0 Å². The lowest BCUT2D eigenvalue weighted by Gasteiger charge is -2.05. The zero-order chi connectivity index (χ0) is 21.2. The van der Waals surface area contributed by atoms with E-state index in [4.69, 9.17) is 9.62 Å². The summed E-state index contributed by atoms with van der Waals surface area (Å²) in [6, 6.07) is 18.1. The molecule has 0 saturated carbocycles. The van der Waals surface area contributed by atoms with Crippen molar-refractivity contribution >= 4 is 5.91 Å². The molecule has 4 aromatic rings. The van der Waals surface area contributed by atoms with Crippen molar-refractivity contribution in [1.82, 2.24) is 25.2 Å². The van der Waals surface area contributed by atoms with E-state index in [-0.39, 0.29) is 12.3 Å². The van der Waals surface area contributed by atoms with Gasteiger partial charge in [0, 0.05) is 17.8 Å². The normalized spacial score (nSPS) is 12.7. The summed E-state index contributed by atoms with van der Waals surface area (Å²) in [5, 5.41) is 11.7. The van der Waals surface area contributed by atoms with Gasteiger partial charge in [-0.25, -0.2) is 4.68 Å².